The molecule has 1 aromatic rings. The van der Waals surface area contributed by atoms with Gasteiger partial charge in [0.1, 0.15) is 0 Å². The Morgan fingerprint density at radius 2 is 1.83 bits per heavy atom. The Bertz CT molecular complexity index is 306. The molecule has 0 amide bonds. The van der Waals surface area contributed by atoms with Crippen LogP contribution >= 0.6 is 0 Å². The maximum Gasteiger partial charge on any atom is 0.0575 e. The van der Waals surface area contributed by atoms with Gasteiger partial charge in [0.25, 0.3) is 0 Å². The van der Waals surface area contributed by atoms with Crippen molar-refractivity contribution in [3.05, 3.63) is 35.9 Å². The minimum Gasteiger partial charge on any atom is -0.378 e. The molecular weight excluding hydrogens is 222 g/mol. The van der Waals surface area contributed by atoms with E-state index in [1.807, 2.05) is 0 Å². The monoisotopic (exact) mass is 247 g/mol. The Morgan fingerprint density at radius 3 is 2.61 bits per heavy atom. The van der Waals surface area contributed by atoms with E-state index in [1.165, 1.54) is 37.7 Å². The SMILES string of the molecule is c1ccc(CNCCCOC2CCCCC2)cc1. The van der Waals surface area contributed by atoms with E-state index in [-0.39, 0.29) is 0 Å². The molecule has 100 valence electrons. The Morgan fingerprint density at radius 1 is 1.06 bits per heavy atom. The molecule has 0 radical (unpaired) electrons. The number of nitrogens with one attached hydrogen (secondary N) is 1. The summed E-state index contributed by atoms with van der Waals surface area (Å²) in [6, 6.07) is 10.5. The van der Waals surface area contributed by atoms with Crippen LogP contribution in [-0.4, -0.2) is 19.3 Å². The van der Waals surface area contributed by atoms with Crippen LogP contribution in [0.1, 0.15) is 44.1 Å². The third-order valence-electron chi connectivity index (χ3n) is 3.58. The van der Waals surface area contributed by atoms with Crippen molar-refractivity contribution in [1.29, 1.82) is 0 Å². The normalized spacial score (nSPS) is 16.9. The van der Waals surface area contributed by atoms with Gasteiger partial charge in [0.2, 0.25) is 0 Å². The van der Waals surface area contributed by atoms with Crippen molar-refractivity contribution in [1.82, 2.24) is 5.32 Å². The molecule has 1 saturated carbocycles. The summed E-state index contributed by atoms with van der Waals surface area (Å²) in [6.07, 6.45) is 8.33. The maximum absolute atomic E-state index is 5.90. The zero-order chi connectivity index (χ0) is 12.5. The highest BCUT2D eigenvalue weighted by molar-refractivity contribution is 5.14. The maximum atomic E-state index is 5.90. The summed E-state index contributed by atoms with van der Waals surface area (Å²) in [5.74, 6) is 0. The van der Waals surface area contributed by atoms with E-state index < -0.39 is 0 Å². The zero-order valence-electron chi connectivity index (χ0n) is 11.2. The topological polar surface area (TPSA) is 21.3 Å². The molecule has 0 aromatic heterocycles. The third-order valence-corrected chi connectivity index (χ3v) is 3.58. The molecule has 1 fully saturated rings. The van der Waals surface area contributed by atoms with Crippen molar-refractivity contribution in [2.75, 3.05) is 13.2 Å². The second kappa shape index (κ2) is 8.28. The Labute approximate surface area is 111 Å². The van der Waals surface area contributed by atoms with Crippen LogP contribution < -0.4 is 5.32 Å². The van der Waals surface area contributed by atoms with Gasteiger partial charge in [0, 0.05) is 13.2 Å². The van der Waals surface area contributed by atoms with Gasteiger partial charge < -0.3 is 10.1 Å². The molecule has 1 aromatic carbocycles. The molecule has 0 atom stereocenters. The van der Waals surface area contributed by atoms with E-state index in [9.17, 15) is 0 Å². The fourth-order valence-electron chi connectivity index (χ4n) is 2.51. The minimum absolute atomic E-state index is 0.549. The smallest absolute Gasteiger partial charge is 0.0575 e. The highest BCUT2D eigenvalue weighted by atomic mass is 16.5. The molecule has 0 aliphatic heterocycles. The predicted octanol–water partition coefficient (Wildman–Crippen LogP) is 3.52. The van der Waals surface area contributed by atoms with Crippen molar-refractivity contribution >= 4 is 0 Å². The van der Waals surface area contributed by atoms with Gasteiger partial charge in [0.05, 0.1) is 6.10 Å². The predicted molar refractivity (Wildman–Crippen MR) is 75.6 cm³/mol. The standard InChI is InChI=1S/C16H25NO/c1-3-8-15(9-4-1)14-17-12-7-13-18-16-10-5-2-6-11-16/h1,3-4,8-9,16-17H,2,5-7,10-14H2. The first-order valence-corrected chi connectivity index (χ1v) is 7.31. The quantitative estimate of drug-likeness (QED) is 0.744. The van der Waals surface area contributed by atoms with Gasteiger partial charge in [-0.3, -0.25) is 0 Å². The van der Waals surface area contributed by atoms with E-state index in [4.69, 9.17) is 4.74 Å². The molecule has 1 aliphatic carbocycles. The largest absolute Gasteiger partial charge is 0.378 e. The first kappa shape index (κ1) is 13.6. The van der Waals surface area contributed by atoms with Crippen molar-refractivity contribution < 1.29 is 4.74 Å². The average Bonchev–Trinajstić information content (AvgIpc) is 2.45. The Kier molecular flexibility index (Phi) is 6.24. The summed E-state index contributed by atoms with van der Waals surface area (Å²) in [5.41, 5.74) is 1.35. The highest BCUT2D eigenvalue weighted by Gasteiger charge is 2.12. The zero-order valence-corrected chi connectivity index (χ0v) is 11.2. The Balaban J connectivity index is 1.46. The molecule has 2 heteroatoms. The number of benzene rings is 1. The first-order valence-electron chi connectivity index (χ1n) is 7.31. The lowest BCUT2D eigenvalue weighted by Crippen LogP contribution is -2.20. The molecule has 2 rings (SSSR count). The van der Waals surface area contributed by atoms with Gasteiger partial charge in [-0.15, -0.1) is 0 Å². The van der Waals surface area contributed by atoms with Gasteiger partial charge in [-0.25, -0.2) is 0 Å². The molecule has 1 N–H and O–H groups in total. The van der Waals surface area contributed by atoms with Gasteiger partial charge in [0.15, 0.2) is 0 Å². The minimum atomic E-state index is 0.549. The fraction of sp³-hybridized carbons (Fsp3) is 0.625. The molecule has 0 unspecified atom stereocenters. The highest BCUT2D eigenvalue weighted by Crippen LogP contribution is 2.20. The number of rotatable bonds is 7. The van der Waals surface area contributed by atoms with Crippen LogP contribution in [-0.2, 0) is 11.3 Å². The Hall–Kier alpha value is -0.860. The summed E-state index contributed by atoms with van der Waals surface area (Å²) in [7, 11) is 0. The fourth-order valence-corrected chi connectivity index (χ4v) is 2.51. The molecule has 0 spiro atoms. The number of ether oxygens (including phenoxy) is 1. The van der Waals surface area contributed by atoms with Crippen LogP contribution in [0.3, 0.4) is 0 Å². The average molecular weight is 247 g/mol. The lowest BCUT2D eigenvalue weighted by Gasteiger charge is -2.21. The molecule has 0 saturated heterocycles. The lowest BCUT2D eigenvalue weighted by atomic mass is 9.98. The van der Waals surface area contributed by atoms with E-state index in [0.717, 1.165) is 26.1 Å². The summed E-state index contributed by atoms with van der Waals surface area (Å²) in [6.45, 7) is 2.92. The molecule has 2 nitrogen and oxygen atoms in total. The molecular formula is C16H25NO. The van der Waals surface area contributed by atoms with Gasteiger partial charge in [-0.1, -0.05) is 49.6 Å². The van der Waals surface area contributed by atoms with E-state index in [2.05, 4.69) is 35.6 Å². The lowest BCUT2D eigenvalue weighted by molar-refractivity contribution is 0.0273. The summed E-state index contributed by atoms with van der Waals surface area (Å²) >= 11 is 0. The molecule has 18 heavy (non-hydrogen) atoms. The van der Waals surface area contributed by atoms with Crippen LogP contribution in [0, 0.1) is 0 Å². The van der Waals surface area contributed by atoms with Crippen molar-refractivity contribution in [3.8, 4) is 0 Å². The van der Waals surface area contributed by atoms with E-state index in [0.29, 0.717) is 6.10 Å². The first-order chi connectivity index (χ1) is 8.95. The van der Waals surface area contributed by atoms with Crippen LogP contribution in [0.5, 0.6) is 0 Å². The number of hydrogen-bond donors (Lipinski definition) is 1. The van der Waals surface area contributed by atoms with Crippen LogP contribution in [0.15, 0.2) is 30.3 Å². The van der Waals surface area contributed by atoms with Crippen LogP contribution in [0.4, 0.5) is 0 Å². The van der Waals surface area contributed by atoms with Crippen molar-refractivity contribution in [2.45, 2.75) is 51.2 Å². The number of hydrogen-bond acceptors (Lipinski definition) is 2. The summed E-state index contributed by atoms with van der Waals surface area (Å²) in [5, 5.41) is 3.46. The van der Waals surface area contributed by atoms with Crippen LogP contribution in [0.25, 0.3) is 0 Å². The molecule has 0 heterocycles. The summed E-state index contributed by atoms with van der Waals surface area (Å²) < 4.78 is 5.90. The van der Waals surface area contributed by atoms with Gasteiger partial charge in [-0.05, 0) is 31.4 Å². The van der Waals surface area contributed by atoms with E-state index >= 15 is 0 Å². The molecule has 0 bridgehead atoms. The summed E-state index contributed by atoms with van der Waals surface area (Å²) in [4.78, 5) is 0. The third kappa shape index (κ3) is 5.19. The van der Waals surface area contributed by atoms with E-state index in [1.54, 1.807) is 0 Å². The van der Waals surface area contributed by atoms with Crippen molar-refractivity contribution in [3.63, 3.8) is 0 Å². The second-order valence-electron chi connectivity index (χ2n) is 5.15. The van der Waals surface area contributed by atoms with Crippen LogP contribution in [0.2, 0.25) is 0 Å². The van der Waals surface area contributed by atoms with Gasteiger partial charge in [-0.2, -0.15) is 0 Å². The second-order valence-corrected chi connectivity index (χ2v) is 5.15. The molecule has 1 aliphatic rings. The van der Waals surface area contributed by atoms with Crippen molar-refractivity contribution in [2.24, 2.45) is 0 Å². The van der Waals surface area contributed by atoms with Gasteiger partial charge >= 0.3 is 0 Å².